The smallest absolute Gasteiger partial charge is 0.354 e. The van der Waals surface area contributed by atoms with Crippen LogP contribution in [-0.2, 0) is 0 Å². The van der Waals surface area contributed by atoms with E-state index in [1.54, 1.807) is 10.6 Å². The molecule has 0 amide bonds. The van der Waals surface area contributed by atoms with E-state index in [1.165, 1.54) is 0 Å². The highest BCUT2D eigenvalue weighted by atomic mass is 79.9. The highest BCUT2D eigenvalue weighted by molar-refractivity contribution is 9.10. The van der Waals surface area contributed by atoms with Crippen LogP contribution in [0.5, 0.6) is 0 Å². The first-order valence-electron chi connectivity index (χ1n) is 7.87. The molecule has 1 N–H and O–H groups in total. The van der Waals surface area contributed by atoms with Gasteiger partial charge < -0.3 is 5.32 Å². The summed E-state index contributed by atoms with van der Waals surface area (Å²) in [6.45, 7) is 3.80. The molecule has 0 atom stereocenters. The first-order valence-corrected chi connectivity index (χ1v) is 8.67. The van der Waals surface area contributed by atoms with Gasteiger partial charge in [-0.25, -0.2) is 4.79 Å². The fourth-order valence-corrected chi connectivity index (χ4v) is 3.12. The molecule has 1 saturated carbocycles. The largest absolute Gasteiger partial charge is 0.367 e. The summed E-state index contributed by atoms with van der Waals surface area (Å²) in [4.78, 5) is 17.0. The van der Waals surface area contributed by atoms with Crippen molar-refractivity contribution in [3.63, 3.8) is 0 Å². The molecule has 0 bridgehead atoms. The van der Waals surface area contributed by atoms with Gasteiger partial charge in [0.25, 0.3) is 0 Å². The number of hydrogen-bond donors (Lipinski definition) is 1. The molecule has 1 aliphatic rings. The highest BCUT2D eigenvalue weighted by Crippen LogP contribution is 2.30. The third kappa shape index (κ3) is 2.76. The van der Waals surface area contributed by atoms with Crippen molar-refractivity contribution in [2.75, 3.05) is 5.32 Å². The third-order valence-electron chi connectivity index (χ3n) is 4.14. The highest BCUT2D eigenvalue weighted by Gasteiger charge is 2.23. The zero-order chi connectivity index (χ0) is 16.7. The molecule has 0 saturated heterocycles. The molecule has 0 spiro atoms. The van der Waals surface area contributed by atoms with Gasteiger partial charge in [-0.2, -0.15) is 4.98 Å². The molecule has 1 heterocycles. The number of fused-ring (bicyclic) bond motifs is 1. The van der Waals surface area contributed by atoms with Crippen LogP contribution in [0.15, 0.2) is 58.3 Å². The van der Waals surface area contributed by atoms with E-state index >= 15 is 0 Å². The second-order valence-corrected chi connectivity index (χ2v) is 6.87. The van der Waals surface area contributed by atoms with Crippen LogP contribution in [0.1, 0.15) is 18.4 Å². The Hall–Kier alpha value is -2.40. The quantitative estimate of drug-likeness (QED) is 0.729. The number of nitrogens with one attached hydrogen (secondary N) is 1. The molecule has 5 heteroatoms. The van der Waals surface area contributed by atoms with Gasteiger partial charge in [0.2, 0.25) is 0 Å². The van der Waals surface area contributed by atoms with Crippen LogP contribution in [-0.4, -0.2) is 15.6 Å². The molecular formula is C19H16BrN3O. The Bertz CT molecular complexity index is 1010. The Kier molecular flexibility index (Phi) is 3.73. The molecule has 0 aliphatic heterocycles. The zero-order valence-electron chi connectivity index (χ0n) is 13.0. The maximum absolute atomic E-state index is 12.7. The number of rotatable bonds is 4. The van der Waals surface area contributed by atoms with Crippen molar-refractivity contribution in [1.82, 2.24) is 9.55 Å². The number of halogens is 1. The van der Waals surface area contributed by atoms with Crippen molar-refractivity contribution in [1.29, 1.82) is 0 Å². The number of nitrogens with zero attached hydrogens (tertiary/aromatic N) is 2. The first-order chi connectivity index (χ1) is 11.7. The first kappa shape index (κ1) is 15.1. The van der Waals surface area contributed by atoms with Gasteiger partial charge in [-0.3, -0.25) is 4.57 Å². The van der Waals surface area contributed by atoms with Gasteiger partial charge in [-0.15, -0.1) is 0 Å². The van der Waals surface area contributed by atoms with E-state index in [4.69, 9.17) is 0 Å². The minimum Gasteiger partial charge on any atom is -0.367 e. The van der Waals surface area contributed by atoms with Crippen molar-refractivity contribution in [3.8, 4) is 5.69 Å². The Morgan fingerprint density at radius 2 is 2.08 bits per heavy atom. The van der Waals surface area contributed by atoms with Gasteiger partial charge in [0, 0.05) is 15.9 Å². The molecule has 2 aromatic carbocycles. The molecule has 3 aromatic rings. The van der Waals surface area contributed by atoms with E-state index in [9.17, 15) is 4.79 Å². The van der Waals surface area contributed by atoms with Crippen LogP contribution in [0.25, 0.3) is 22.7 Å². The Labute approximate surface area is 148 Å². The molecule has 24 heavy (non-hydrogen) atoms. The molecule has 1 aliphatic carbocycles. The van der Waals surface area contributed by atoms with E-state index in [-0.39, 0.29) is 5.69 Å². The summed E-state index contributed by atoms with van der Waals surface area (Å²) in [5.74, 6) is 0.668. The molecule has 4 rings (SSSR count). The minimum absolute atomic E-state index is 0.287. The number of hydrogen-bond acceptors (Lipinski definition) is 3. The van der Waals surface area contributed by atoms with Gasteiger partial charge in [-0.05, 0) is 48.7 Å². The zero-order valence-corrected chi connectivity index (χ0v) is 14.6. The lowest BCUT2D eigenvalue weighted by Crippen LogP contribution is -2.24. The SMILES string of the molecule is C=Cc1cccc(-n2c(=O)nc(NC3CC3)c3ccc(Br)cc32)c1. The van der Waals surface area contributed by atoms with E-state index in [2.05, 4.69) is 32.8 Å². The summed E-state index contributed by atoms with van der Waals surface area (Å²) < 4.78 is 2.57. The number of anilines is 1. The van der Waals surface area contributed by atoms with Crippen molar-refractivity contribution < 1.29 is 0 Å². The van der Waals surface area contributed by atoms with Gasteiger partial charge in [0.15, 0.2) is 0 Å². The Morgan fingerprint density at radius 3 is 2.83 bits per heavy atom. The maximum atomic E-state index is 12.7. The fourth-order valence-electron chi connectivity index (χ4n) is 2.77. The molecule has 0 radical (unpaired) electrons. The fraction of sp³-hybridized carbons (Fsp3) is 0.158. The topological polar surface area (TPSA) is 46.9 Å². The second-order valence-electron chi connectivity index (χ2n) is 5.96. The van der Waals surface area contributed by atoms with Crippen molar-refractivity contribution in [2.45, 2.75) is 18.9 Å². The molecular weight excluding hydrogens is 366 g/mol. The molecule has 0 unspecified atom stereocenters. The molecule has 120 valence electrons. The van der Waals surface area contributed by atoms with Crippen LogP contribution in [0.3, 0.4) is 0 Å². The van der Waals surface area contributed by atoms with Gasteiger partial charge in [0.05, 0.1) is 11.2 Å². The van der Waals surface area contributed by atoms with Crippen LogP contribution < -0.4 is 11.0 Å². The minimum atomic E-state index is -0.287. The van der Waals surface area contributed by atoms with Gasteiger partial charge in [-0.1, -0.05) is 40.7 Å². The van der Waals surface area contributed by atoms with Crippen LogP contribution in [0, 0.1) is 0 Å². The normalized spacial score (nSPS) is 13.9. The predicted molar refractivity (Wildman–Crippen MR) is 102 cm³/mol. The number of aromatic nitrogens is 2. The van der Waals surface area contributed by atoms with Crippen molar-refractivity contribution in [3.05, 3.63) is 69.6 Å². The summed E-state index contributed by atoms with van der Waals surface area (Å²) in [6, 6.07) is 14.1. The summed E-state index contributed by atoms with van der Waals surface area (Å²) in [5, 5.41) is 4.30. The summed E-state index contributed by atoms with van der Waals surface area (Å²) in [7, 11) is 0. The van der Waals surface area contributed by atoms with Crippen LogP contribution >= 0.6 is 15.9 Å². The van der Waals surface area contributed by atoms with Crippen molar-refractivity contribution >= 4 is 38.7 Å². The van der Waals surface area contributed by atoms with Crippen LogP contribution in [0.4, 0.5) is 5.82 Å². The lowest BCUT2D eigenvalue weighted by molar-refractivity contribution is 0.951. The van der Waals surface area contributed by atoms with Crippen molar-refractivity contribution in [2.24, 2.45) is 0 Å². The van der Waals surface area contributed by atoms with Gasteiger partial charge >= 0.3 is 5.69 Å². The molecule has 1 aromatic heterocycles. The number of benzene rings is 2. The van der Waals surface area contributed by atoms with Crippen LogP contribution in [0.2, 0.25) is 0 Å². The predicted octanol–water partition coefficient (Wildman–Crippen LogP) is 4.37. The maximum Gasteiger partial charge on any atom is 0.354 e. The van der Waals surface area contributed by atoms with E-state index in [0.717, 1.165) is 39.5 Å². The summed E-state index contributed by atoms with van der Waals surface area (Å²) in [6.07, 6.45) is 4.03. The second kappa shape index (κ2) is 5.91. The third-order valence-corrected chi connectivity index (χ3v) is 4.63. The van der Waals surface area contributed by atoms with E-state index in [1.807, 2.05) is 42.5 Å². The molecule has 1 fully saturated rings. The summed E-state index contributed by atoms with van der Waals surface area (Å²) in [5.41, 5.74) is 2.28. The molecule has 4 nitrogen and oxygen atoms in total. The van der Waals surface area contributed by atoms with Gasteiger partial charge in [0.1, 0.15) is 5.82 Å². The van der Waals surface area contributed by atoms with E-state index in [0.29, 0.717) is 11.9 Å². The standard InChI is InChI=1S/C19H16BrN3O/c1-2-12-4-3-5-15(10-12)23-17-11-13(20)6-9-16(17)18(22-19(23)24)21-14-7-8-14/h2-6,9-11,14H,1,7-8H2,(H,21,22,24). The summed E-state index contributed by atoms with van der Waals surface area (Å²) >= 11 is 3.51. The average molecular weight is 382 g/mol. The average Bonchev–Trinajstić information content (AvgIpc) is 3.38. The lowest BCUT2D eigenvalue weighted by Gasteiger charge is -2.14. The Morgan fingerprint density at radius 1 is 1.25 bits per heavy atom. The lowest BCUT2D eigenvalue weighted by atomic mass is 10.1. The van der Waals surface area contributed by atoms with E-state index < -0.39 is 0 Å². The Balaban J connectivity index is 2.00. The monoisotopic (exact) mass is 381 g/mol.